The summed E-state index contributed by atoms with van der Waals surface area (Å²) in [6.45, 7) is 0.509. The van der Waals surface area contributed by atoms with Gasteiger partial charge in [0.2, 0.25) is 0 Å². The summed E-state index contributed by atoms with van der Waals surface area (Å²) in [5, 5.41) is 5.46. The van der Waals surface area contributed by atoms with Crippen LogP contribution in [0.25, 0.3) is 0 Å². The molecule has 0 saturated heterocycles. The van der Waals surface area contributed by atoms with Crippen LogP contribution in [-0.2, 0) is 6.54 Å². The van der Waals surface area contributed by atoms with E-state index >= 15 is 0 Å². The highest BCUT2D eigenvalue weighted by Gasteiger charge is 2.09. The van der Waals surface area contributed by atoms with E-state index in [-0.39, 0.29) is 10.0 Å². The Labute approximate surface area is 112 Å². The van der Waals surface area contributed by atoms with E-state index in [1.807, 2.05) is 11.4 Å². The summed E-state index contributed by atoms with van der Waals surface area (Å²) in [7, 11) is 0. The number of anilines is 2. The van der Waals surface area contributed by atoms with E-state index in [9.17, 15) is 4.39 Å². The highest BCUT2D eigenvalue weighted by molar-refractivity contribution is 7.10. The van der Waals surface area contributed by atoms with Crippen molar-refractivity contribution in [2.24, 2.45) is 0 Å². The number of halogens is 3. The zero-order chi connectivity index (χ0) is 12.4. The number of benzene rings is 1. The molecule has 0 fully saturated rings. The Morgan fingerprint density at radius 2 is 1.94 bits per heavy atom. The standard InChI is InChI=1S/C11H9Cl2FN2S/c12-7-3-6(14)4-8(13)11(7)16-5-10-9(15)1-2-17-10/h1-4,16H,5,15H2. The van der Waals surface area contributed by atoms with Gasteiger partial charge in [-0.2, -0.15) is 0 Å². The van der Waals surface area contributed by atoms with E-state index in [2.05, 4.69) is 5.32 Å². The third-order valence-corrected chi connectivity index (χ3v) is 3.75. The molecule has 0 radical (unpaired) electrons. The molecule has 2 aromatic rings. The molecule has 6 heteroatoms. The van der Waals surface area contributed by atoms with Crippen molar-refractivity contribution < 1.29 is 4.39 Å². The number of hydrogen-bond acceptors (Lipinski definition) is 3. The van der Waals surface area contributed by atoms with E-state index in [0.29, 0.717) is 12.2 Å². The van der Waals surface area contributed by atoms with E-state index in [4.69, 9.17) is 28.9 Å². The van der Waals surface area contributed by atoms with Crippen molar-refractivity contribution in [3.05, 3.63) is 44.3 Å². The Hall–Kier alpha value is -0.970. The molecule has 0 unspecified atom stereocenters. The molecule has 0 aliphatic rings. The lowest BCUT2D eigenvalue weighted by Gasteiger charge is -2.10. The SMILES string of the molecule is Nc1ccsc1CNc1c(Cl)cc(F)cc1Cl. The second kappa shape index (κ2) is 5.12. The van der Waals surface area contributed by atoms with Crippen molar-refractivity contribution in [1.29, 1.82) is 0 Å². The summed E-state index contributed by atoms with van der Waals surface area (Å²) in [4.78, 5) is 0.987. The minimum atomic E-state index is -0.457. The maximum absolute atomic E-state index is 13.0. The number of nitrogen functional groups attached to an aromatic ring is 1. The van der Waals surface area contributed by atoms with Crippen molar-refractivity contribution in [3.63, 3.8) is 0 Å². The fourth-order valence-corrected chi connectivity index (χ4v) is 2.71. The van der Waals surface area contributed by atoms with Gasteiger partial charge in [-0.15, -0.1) is 11.3 Å². The van der Waals surface area contributed by atoms with Crippen LogP contribution in [-0.4, -0.2) is 0 Å². The van der Waals surface area contributed by atoms with Crippen LogP contribution >= 0.6 is 34.5 Å². The highest BCUT2D eigenvalue weighted by atomic mass is 35.5. The number of hydrogen-bond donors (Lipinski definition) is 2. The minimum Gasteiger partial charge on any atom is -0.398 e. The quantitative estimate of drug-likeness (QED) is 0.880. The molecule has 2 nitrogen and oxygen atoms in total. The predicted molar refractivity (Wildman–Crippen MR) is 72.5 cm³/mol. The maximum Gasteiger partial charge on any atom is 0.126 e. The molecule has 0 bridgehead atoms. The summed E-state index contributed by atoms with van der Waals surface area (Å²) in [5.41, 5.74) is 6.98. The van der Waals surface area contributed by atoms with Crippen molar-refractivity contribution in [2.75, 3.05) is 11.1 Å². The largest absolute Gasteiger partial charge is 0.398 e. The van der Waals surface area contributed by atoms with Crippen LogP contribution < -0.4 is 11.1 Å². The summed E-state index contributed by atoms with van der Waals surface area (Å²) in [6.07, 6.45) is 0. The zero-order valence-corrected chi connectivity index (χ0v) is 11.0. The number of rotatable bonds is 3. The molecule has 2 rings (SSSR count). The molecule has 0 spiro atoms. The molecule has 0 aliphatic carbocycles. The molecule has 0 atom stereocenters. The van der Waals surface area contributed by atoms with Gasteiger partial charge in [-0.25, -0.2) is 4.39 Å². The topological polar surface area (TPSA) is 38.0 Å². The van der Waals surface area contributed by atoms with Crippen LogP contribution in [0.3, 0.4) is 0 Å². The van der Waals surface area contributed by atoms with E-state index in [1.54, 1.807) is 0 Å². The fraction of sp³-hybridized carbons (Fsp3) is 0.0909. The lowest BCUT2D eigenvalue weighted by molar-refractivity contribution is 0.628. The van der Waals surface area contributed by atoms with Gasteiger partial charge in [-0.3, -0.25) is 0 Å². The molecule has 90 valence electrons. The van der Waals surface area contributed by atoms with Crippen molar-refractivity contribution in [3.8, 4) is 0 Å². The average molecular weight is 291 g/mol. The van der Waals surface area contributed by atoms with E-state index < -0.39 is 5.82 Å². The first-order valence-corrected chi connectivity index (χ1v) is 6.41. The third kappa shape index (κ3) is 2.83. The Balaban J connectivity index is 2.17. The van der Waals surface area contributed by atoms with Crippen LogP contribution in [0.2, 0.25) is 10.0 Å². The van der Waals surface area contributed by atoms with Crippen LogP contribution in [0.15, 0.2) is 23.6 Å². The second-order valence-corrected chi connectivity index (χ2v) is 5.21. The van der Waals surface area contributed by atoms with Gasteiger partial charge in [0, 0.05) is 10.6 Å². The summed E-state index contributed by atoms with van der Waals surface area (Å²) in [5.74, 6) is -0.457. The Morgan fingerprint density at radius 1 is 1.29 bits per heavy atom. The summed E-state index contributed by atoms with van der Waals surface area (Å²) >= 11 is 13.3. The van der Waals surface area contributed by atoms with Gasteiger partial charge < -0.3 is 11.1 Å². The van der Waals surface area contributed by atoms with Crippen LogP contribution in [0, 0.1) is 5.82 Å². The first kappa shape index (κ1) is 12.5. The van der Waals surface area contributed by atoms with Crippen molar-refractivity contribution >= 4 is 45.9 Å². The van der Waals surface area contributed by atoms with Gasteiger partial charge in [0.05, 0.1) is 22.3 Å². The maximum atomic E-state index is 13.0. The molecular formula is C11H9Cl2FN2S. The van der Waals surface area contributed by atoms with Gasteiger partial charge in [0.25, 0.3) is 0 Å². The van der Waals surface area contributed by atoms with Crippen molar-refractivity contribution in [2.45, 2.75) is 6.54 Å². The monoisotopic (exact) mass is 290 g/mol. The number of thiophene rings is 1. The molecule has 0 aliphatic heterocycles. The highest BCUT2D eigenvalue weighted by Crippen LogP contribution is 2.32. The normalized spacial score (nSPS) is 10.5. The molecule has 17 heavy (non-hydrogen) atoms. The molecule has 1 aromatic heterocycles. The lowest BCUT2D eigenvalue weighted by atomic mass is 10.3. The number of nitrogens with one attached hydrogen (secondary N) is 1. The van der Waals surface area contributed by atoms with Gasteiger partial charge in [0.1, 0.15) is 5.82 Å². The molecule has 0 saturated carbocycles. The van der Waals surface area contributed by atoms with Crippen LogP contribution in [0.1, 0.15) is 4.88 Å². The minimum absolute atomic E-state index is 0.255. The summed E-state index contributed by atoms with van der Waals surface area (Å²) in [6, 6.07) is 4.26. The van der Waals surface area contributed by atoms with Crippen molar-refractivity contribution in [1.82, 2.24) is 0 Å². The van der Waals surface area contributed by atoms with E-state index in [0.717, 1.165) is 10.6 Å². The zero-order valence-electron chi connectivity index (χ0n) is 8.64. The van der Waals surface area contributed by atoms with Crippen LogP contribution in [0.5, 0.6) is 0 Å². The Kier molecular flexibility index (Phi) is 3.76. The van der Waals surface area contributed by atoms with Crippen LogP contribution in [0.4, 0.5) is 15.8 Å². The number of nitrogens with two attached hydrogens (primary N) is 1. The predicted octanol–water partition coefficient (Wildman–Crippen LogP) is 4.39. The van der Waals surface area contributed by atoms with E-state index in [1.165, 1.54) is 23.5 Å². The lowest BCUT2D eigenvalue weighted by Crippen LogP contribution is -2.01. The second-order valence-electron chi connectivity index (χ2n) is 3.40. The first-order chi connectivity index (χ1) is 8.08. The molecule has 1 heterocycles. The first-order valence-electron chi connectivity index (χ1n) is 4.78. The van der Waals surface area contributed by atoms with Gasteiger partial charge >= 0.3 is 0 Å². The molecular weight excluding hydrogens is 282 g/mol. The van der Waals surface area contributed by atoms with Gasteiger partial charge in [-0.1, -0.05) is 23.2 Å². The third-order valence-electron chi connectivity index (χ3n) is 2.21. The van der Waals surface area contributed by atoms with Gasteiger partial charge in [-0.05, 0) is 23.6 Å². The molecule has 1 aromatic carbocycles. The Bertz CT molecular complexity index is 519. The van der Waals surface area contributed by atoms with Gasteiger partial charge in [0.15, 0.2) is 0 Å². The average Bonchev–Trinajstić information content (AvgIpc) is 2.62. The molecule has 0 amide bonds. The molecule has 3 N–H and O–H groups in total. The summed E-state index contributed by atoms with van der Waals surface area (Å²) < 4.78 is 13.0. The fourth-order valence-electron chi connectivity index (χ4n) is 1.37. The smallest absolute Gasteiger partial charge is 0.126 e. The Morgan fingerprint density at radius 3 is 2.47 bits per heavy atom.